The van der Waals surface area contributed by atoms with Crippen molar-refractivity contribution in [3.63, 3.8) is 0 Å². The Labute approximate surface area is 83.1 Å². The van der Waals surface area contributed by atoms with Crippen LogP contribution in [0.25, 0.3) is 0 Å². The molecule has 4 N–H and O–H groups in total. The summed E-state index contributed by atoms with van der Waals surface area (Å²) in [6.07, 6.45) is 3.83. The summed E-state index contributed by atoms with van der Waals surface area (Å²) in [5.41, 5.74) is 12.0. The minimum atomic E-state index is 0.370. The highest BCUT2D eigenvalue weighted by Gasteiger charge is 2.23. The fraction of sp³-hybridized carbons (Fsp3) is 0.556. The third-order valence-electron chi connectivity index (χ3n) is 2.72. The normalized spacial score (nSPS) is 21.5. The number of hydrogen-bond donors (Lipinski definition) is 2. The average Bonchev–Trinajstić information content (AvgIpc) is 2.57. The molecule has 5 heteroatoms. The maximum Gasteiger partial charge on any atom is 0.157 e. The van der Waals surface area contributed by atoms with E-state index in [1.54, 1.807) is 0 Å². The van der Waals surface area contributed by atoms with Gasteiger partial charge in [-0.15, -0.1) is 0 Å². The highest BCUT2D eigenvalue weighted by molar-refractivity contribution is 5.73. The van der Waals surface area contributed by atoms with E-state index in [9.17, 15) is 0 Å². The molecule has 14 heavy (non-hydrogen) atoms. The number of nitrogens with two attached hydrogens (primary N) is 2. The zero-order valence-electron chi connectivity index (χ0n) is 8.27. The molecule has 0 spiro atoms. The molecule has 76 valence electrons. The SMILES string of the molecule is CC1CCCN1c1ncnc(N)c1N. The van der Waals surface area contributed by atoms with E-state index in [4.69, 9.17) is 11.5 Å². The van der Waals surface area contributed by atoms with Crippen LogP contribution in [0.5, 0.6) is 0 Å². The van der Waals surface area contributed by atoms with Gasteiger partial charge in [0.15, 0.2) is 11.6 Å². The summed E-state index contributed by atoms with van der Waals surface area (Å²) in [4.78, 5) is 10.2. The van der Waals surface area contributed by atoms with Crippen LogP contribution in [0.15, 0.2) is 6.33 Å². The molecule has 1 atom stereocenters. The second-order valence-corrected chi connectivity index (χ2v) is 3.68. The molecule has 1 aliphatic rings. The van der Waals surface area contributed by atoms with Crippen molar-refractivity contribution >= 4 is 17.3 Å². The van der Waals surface area contributed by atoms with Gasteiger partial charge in [-0.05, 0) is 19.8 Å². The molecule has 0 aliphatic carbocycles. The fourth-order valence-corrected chi connectivity index (χ4v) is 1.88. The summed E-state index contributed by atoms with van der Waals surface area (Å²) in [5.74, 6) is 1.15. The summed E-state index contributed by atoms with van der Waals surface area (Å²) in [6.45, 7) is 3.17. The number of nitrogen functional groups attached to an aromatic ring is 2. The summed E-state index contributed by atoms with van der Waals surface area (Å²) in [6, 6.07) is 0.492. The Kier molecular flexibility index (Phi) is 2.15. The van der Waals surface area contributed by atoms with Crippen LogP contribution in [0.1, 0.15) is 19.8 Å². The van der Waals surface area contributed by atoms with E-state index in [0.29, 0.717) is 17.5 Å². The molecule has 1 saturated heterocycles. The lowest BCUT2D eigenvalue weighted by Crippen LogP contribution is -2.28. The van der Waals surface area contributed by atoms with Gasteiger partial charge in [0, 0.05) is 12.6 Å². The summed E-state index contributed by atoms with van der Waals surface area (Å²) in [7, 11) is 0. The molecule has 1 fully saturated rings. The summed E-state index contributed by atoms with van der Waals surface area (Å²) < 4.78 is 0. The molecule has 1 aromatic rings. The number of nitrogens with zero attached hydrogens (tertiary/aromatic N) is 3. The van der Waals surface area contributed by atoms with Crippen LogP contribution >= 0.6 is 0 Å². The van der Waals surface area contributed by atoms with E-state index in [2.05, 4.69) is 21.8 Å². The number of hydrogen-bond acceptors (Lipinski definition) is 5. The molecule has 1 unspecified atom stereocenters. The average molecular weight is 193 g/mol. The van der Waals surface area contributed by atoms with Gasteiger partial charge in [-0.3, -0.25) is 0 Å². The third-order valence-corrected chi connectivity index (χ3v) is 2.72. The van der Waals surface area contributed by atoms with Gasteiger partial charge in [-0.25, -0.2) is 9.97 Å². The first kappa shape index (κ1) is 9.05. The van der Waals surface area contributed by atoms with Gasteiger partial charge in [-0.1, -0.05) is 0 Å². The zero-order valence-corrected chi connectivity index (χ0v) is 8.27. The minimum Gasteiger partial charge on any atom is -0.393 e. The number of rotatable bonds is 1. The monoisotopic (exact) mass is 193 g/mol. The Balaban J connectivity index is 2.36. The first-order valence-corrected chi connectivity index (χ1v) is 4.82. The van der Waals surface area contributed by atoms with E-state index >= 15 is 0 Å². The lowest BCUT2D eigenvalue weighted by atomic mass is 10.2. The Morgan fingerprint density at radius 2 is 2.21 bits per heavy atom. The summed E-state index contributed by atoms with van der Waals surface area (Å²) >= 11 is 0. The molecule has 5 nitrogen and oxygen atoms in total. The molecule has 1 aliphatic heterocycles. The van der Waals surface area contributed by atoms with Gasteiger partial charge in [0.2, 0.25) is 0 Å². The smallest absolute Gasteiger partial charge is 0.157 e. The van der Waals surface area contributed by atoms with E-state index in [1.165, 1.54) is 19.2 Å². The highest BCUT2D eigenvalue weighted by Crippen LogP contribution is 2.29. The van der Waals surface area contributed by atoms with Crippen molar-refractivity contribution in [2.45, 2.75) is 25.8 Å². The lowest BCUT2D eigenvalue weighted by molar-refractivity contribution is 0.727. The predicted octanol–water partition coefficient (Wildman–Crippen LogP) is 0.630. The quantitative estimate of drug-likeness (QED) is 0.683. The van der Waals surface area contributed by atoms with Crippen LogP contribution < -0.4 is 16.4 Å². The Hall–Kier alpha value is -1.52. The van der Waals surface area contributed by atoms with Crippen LogP contribution in [-0.2, 0) is 0 Å². The van der Waals surface area contributed by atoms with Gasteiger partial charge >= 0.3 is 0 Å². The number of anilines is 3. The molecule has 0 aromatic carbocycles. The van der Waals surface area contributed by atoms with E-state index in [1.807, 2.05) is 0 Å². The first-order chi connectivity index (χ1) is 6.70. The van der Waals surface area contributed by atoms with Crippen molar-refractivity contribution in [2.24, 2.45) is 0 Å². The molecular formula is C9H15N5. The van der Waals surface area contributed by atoms with Crippen LogP contribution in [0, 0.1) is 0 Å². The molecular weight excluding hydrogens is 178 g/mol. The topological polar surface area (TPSA) is 81.1 Å². The lowest BCUT2D eigenvalue weighted by Gasteiger charge is -2.23. The molecule has 2 rings (SSSR count). The highest BCUT2D eigenvalue weighted by atomic mass is 15.2. The maximum atomic E-state index is 5.83. The van der Waals surface area contributed by atoms with E-state index < -0.39 is 0 Å². The van der Waals surface area contributed by atoms with Gasteiger partial charge in [0.05, 0.1) is 0 Å². The zero-order chi connectivity index (χ0) is 10.1. The second-order valence-electron chi connectivity index (χ2n) is 3.68. The molecule has 0 amide bonds. The molecule has 0 radical (unpaired) electrons. The predicted molar refractivity (Wildman–Crippen MR) is 56.9 cm³/mol. The van der Waals surface area contributed by atoms with Crippen LogP contribution in [0.4, 0.5) is 17.3 Å². The van der Waals surface area contributed by atoms with Gasteiger partial charge in [0.25, 0.3) is 0 Å². The Morgan fingerprint density at radius 3 is 2.86 bits per heavy atom. The van der Waals surface area contributed by atoms with E-state index in [-0.39, 0.29) is 0 Å². The van der Waals surface area contributed by atoms with Crippen LogP contribution in [0.2, 0.25) is 0 Å². The van der Waals surface area contributed by atoms with Gasteiger partial charge in [0.1, 0.15) is 12.0 Å². The van der Waals surface area contributed by atoms with Crippen molar-refractivity contribution in [3.05, 3.63) is 6.33 Å². The van der Waals surface area contributed by atoms with Gasteiger partial charge < -0.3 is 16.4 Å². The van der Waals surface area contributed by atoms with Crippen molar-refractivity contribution in [1.29, 1.82) is 0 Å². The Morgan fingerprint density at radius 1 is 1.43 bits per heavy atom. The molecule has 0 bridgehead atoms. The molecule has 1 aromatic heterocycles. The van der Waals surface area contributed by atoms with E-state index in [0.717, 1.165) is 12.4 Å². The largest absolute Gasteiger partial charge is 0.393 e. The van der Waals surface area contributed by atoms with Crippen molar-refractivity contribution < 1.29 is 0 Å². The van der Waals surface area contributed by atoms with Crippen molar-refractivity contribution in [1.82, 2.24) is 9.97 Å². The van der Waals surface area contributed by atoms with Crippen molar-refractivity contribution in [3.8, 4) is 0 Å². The third kappa shape index (κ3) is 1.34. The molecule has 2 heterocycles. The van der Waals surface area contributed by atoms with Crippen molar-refractivity contribution in [2.75, 3.05) is 22.9 Å². The van der Waals surface area contributed by atoms with Crippen LogP contribution in [0.3, 0.4) is 0 Å². The molecule has 0 saturated carbocycles. The standard InChI is InChI=1S/C9H15N5/c1-6-3-2-4-14(6)9-7(10)8(11)12-5-13-9/h5-6H,2-4,10H2,1H3,(H2,11,12,13). The second kappa shape index (κ2) is 3.32. The van der Waals surface area contributed by atoms with Gasteiger partial charge in [-0.2, -0.15) is 0 Å². The Bertz CT molecular complexity index is 338. The fourth-order valence-electron chi connectivity index (χ4n) is 1.88. The number of aromatic nitrogens is 2. The summed E-state index contributed by atoms with van der Waals surface area (Å²) in [5, 5.41) is 0. The first-order valence-electron chi connectivity index (χ1n) is 4.82. The minimum absolute atomic E-state index is 0.370. The van der Waals surface area contributed by atoms with Crippen LogP contribution in [-0.4, -0.2) is 22.6 Å². The maximum absolute atomic E-state index is 5.83.